The molecule has 0 spiro atoms. The zero-order valence-electron chi connectivity index (χ0n) is 19.8. The molecule has 0 aromatic heterocycles. The predicted molar refractivity (Wildman–Crippen MR) is 135 cm³/mol. The van der Waals surface area contributed by atoms with E-state index >= 15 is 0 Å². The maximum Gasteiger partial charge on any atom is 0.207 e. The van der Waals surface area contributed by atoms with Crippen molar-refractivity contribution in [3.05, 3.63) is 82.9 Å². The molecule has 0 aliphatic carbocycles. The van der Waals surface area contributed by atoms with E-state index in [9.17, 15) is 28.8 Å². The zero-order chi connectivity index (χ0) is 25.7. The Morgan fingerprint density at radius 2 is 0.829 bits per heavy atom. The van der Waals surface area contributed by atoms with Crippen LogP contribution >= 0.6 is 0 Å². The summed E-state index contributed by atoms with van der Waals surface area (Å²) in [5.41, 5.74) is 4.86. The van der Waals surface area contributed by atoms with E-state index in [1.807, 2.05) is 0 Å². The molecule has 0 radical (unpaired) electrons. The zero-order valence-corrected chi connectivity index (χ0v) is 20.6. The van der Waals surface area contributed by atoms with Crippen LogP contribution in [0.2, 0.25) is 0 Å². The fourth-order valence-corrected chi connectivity index (χ4v) is 6.22. The number of phenolic OH excluding ortho intramolecular Hbond substituents is 4. The van der Waals surface area contributed by atoms with Crippen LogP contribution in [0.5, 0.6) is 23.0 Å². The number of hydrogen-bond donors (Lipinski definition) is 4. The summed E-state index contributed by atoms with van der Waals surface area (Å²) in [6.07, 6.45) is 0. The van der Waals surface area contributed by atoms with Crippen LogP contribution in [0.4, 0.5) is 0 Å². The van der Waals surface area contributed by atoms with Crippen molar-refractivity contribution >= 4 is 9.84 Å². The molecule has 4 N–H and O–H groups in total. The summed E-state index contributed by atoms with van der Waals surface area (Å²) in [4.78, 5) is 0.333. The van der Waals surface area contributed by atoms with Crippen LogP contribution in [-0.4, -0.2) is 28.8 Å². The SMILES string of the molecule is Cc1c(-c2ccc(O)cc2O)ccc(S(=O)(=O)c2ccc(-c3ccc(O)cc3O)c(C)c2C)c1C. The van der Waals surface area contributed by atoms with Gasteiger partial charge in [0, 0.05) is 23.3 Å². The van der Waals surface area contributed by atoms with Gasteiger partial charge in [0.2, 0.25) is 9.84 Å². The van der Waals surface area contributed by atoms with Gasteiger partial charge in [0.15, 0.2) is 0 Å². The van der Waals surface area contributed by atoms with Gasteiger partial charge in [0.25, 0.3) is 0 Å². The molecule has 35 heavy (non-hydrogen) atoms. The smallest absolute Gasteiger partial charge is 0.207 e. The molecule has 0 amide bonds. The number of aromatic hydroxyl groups is 4. The third kappa shape index (κ3) is 4.08. The van der Waals surface area contributed by atoms with Crippen molar-refractivity contribution in [1.82, 2.24) is 0 Å². The van der Waals surface area contributed by atoms with E-state index in [4.69, 9.17) is 0 Å². The fraction of sp³-hybridized carbons (Fsp3) is 0.143. The third-order valence-electron chi connectivity index (χ3n) is 6.60. The summed E-state index contributed by atoms with van der Waals surface area (Å²) in [6, 6.07) is 15.0. The Bertz CT molecular complexity index is 1470. The molecule has 180 valence electrons. The highest BCUT2D eigenvalue weighted by Gasteiger charge is 2.26. The second-order valence-corrected chi connectivity index (χ2v) is 10.5. The maximum absolute atomic E-state index is 13.7. The lowest BCUT2D eigenvalue weighted by molar-refractivity contribution is 0.451. The number of sulfone groups is 1. The average molecular weight is 491 g/mol. The normalized spacial score (nSPS) is 11.5. The highest BCUT2D eigenvalue weighted by atomic mass is 32.2. The van der Waals surface area contributed by atoms with Gasteiger partial charge in [-0.2, -0.15) is 0 Å². The lowest BCUT2D eigenvalue weighted by atomic mass is 9.96. The Hall–Kier alpha value is -3.97. The van der Waals surface area contributed by atoms with E-state index in [0.717, 1.165) is 0 Å². The summed E-state index contributed by atoms with van der Waals surface area (Å²) < 4.78 is 27.5. The van der Waals surface area contributed by atoms with Crippen molar-refractivity contribution < 1.29 is 28.8 Å². The summed E-state index contributed by atoms with van der Waals surface area (Å²) in [7, 11) is -3.88. The minimum atomic E-state index is -3.88. The molecule has 0 aliphatic rings. The second-order valence-electron chi connectivity index (χ2n) is 8.63. The quantitative estimate of drug-likeness (QED) is 0.283. The molecule has 0 bridgehead atoms. The molecular formula is C28H26O6S. The Labute approximate surface area is 204 Å². The second kappa shape index (κ2) is 8.67. The highest BCUT2D eigenvalue weighted by molar-refractivity contribution is 7.91. The molecule has 4 aromatic rings. The summed E-state index contributed by atoms with van der Waals surface area (Å²) in [6.45, 7) is 7.05. The molecule has 0 heterocycles. The minimum absolute atomic E-state index is 0.0604. The Morgan fingerprint density at radius 3 is 1.17 bits per heavy atom. The van der Waals surface area contributed by atoms with Crippen molar-refractivity contribution in [2.75, 3.05) is 0 Å². The highest BCUT2D eigenvalue weighted by Crippen LogP contribution is 2.40. The van der Waals surface area contributed by atoms with Crippen LogP contribution in [0, 0.1) is 27.7 Å². The fourth-order valence-electron chi connectivity index (χ4n) is 4.37. The van der Waals surface area contributed by atoms with Crippen molar-refractivity contribution in [3.8, 4) is 45.3 Å². The Kier molecular flexibility index (Phi) is 5.99. The van der Waals surface area contributed by atoms with E-state index in [0.29, 0.717) is 44.5 Å². The lowest BCUT2D eigenvalue weighted by Crippen LogP contribution is -2.09. The van der Waals surface area contributed by atoms with Crippen LogP contribution in [0.25, 0.3) is 22.3 Å². The van der Waals surface area contributed by atoms with Crippen LogP contribution in [0.3, 0.4) is 0 Å². The van der Waals surface area contributed by atoms with E-state index in [1.54, 1.807) is 52.0 Å². The maximum atomic E-state index is 13.7. The first-order valence-electron chi connectivity index (χ1n) is 10.9. The van der Waals surface area contributed by atoms with Crippen LogP contribution < -0.4 is 0 Å². The van der Waals surface area contributed by atoms with E-state index < -0.39 is 9.84 Å². The molecule has 4 rings (SSSR count). The molecule has 0 saturated carbocycles. The molecule has 7 heteroatoms. The molecule has 0 atom stereocenters. The van der Waals surface area contributed by atoms with Crippen molar-refractivity contribution in [2.45, 2.75) is 37.5 Å². The molecule has 4 aromatic carbocycles. The van der Waals surface area contributed by atoms with E-state index in [1.165, 1.54) is 36.4 Å². The summed E-state index contributed by atoms with van der Waals surface area (Å²) >= 11 is 0. The largest absolute Gasteiger partial charge is 0.508 e. The van der Waals surface area contributed by atoms with Gasteiger partial charge < -0.3 is 20.4 Å². The van der Waals surface area contributed by atoms with Crippen LogP contribution in [0.15, 0.2) is 70.5 Å². The molecule has 0 saturated heterocycles. The first-order chi connectivity index (χ1) is 16.4. The lowest BCUT2D eigenvalue weighted by Gasteiger charge is -2.18. The number of rotatable bonds is 4. The average Bonchev–Trinajstić information content (AvgIpc) is 2.78. The monoisotopic (exact) mass is 490 g/mol. The van der Waals surface area contributed by atoms with Gasteiger partial charge in [-0.1, -0.05) is 12.1 Å². The van der Waals surface area contributed by atoms with Gasteiger partial charge in [-0.25, -0.2) is 8.42 Å². The van der Waals surface area contributed by atoms with E-state index in [2.05, 4.69) is 0 Å². The van der Waals surface area contributed by atoms with Gasteiger partial charge in [-0.15, -0.1) is 0 Å². The van der Waals surface area contributed by atoms with Crippen molar-refractivity contribution in [3.63, 3.8) is 0 Å². The molecule has 6 nitrogen and oxygen atoms in total. The standard InChI is InChI=1S/C28H26O6S/c1-15-17(3)27(11-9-21(15)23-7-5-19(29)13-25(23)31)35(33,34)28-12-10-22(16(2)18(28)4)24-8-6-20(30)14-26(24)32/h5-14,29-32H,1-4H3. The predicted octanol–water partition coefficient (Wildman–Crippen LogP) is 5.91. The minimum Gasteiger partial charge on any atom is -0.508 e. The van der Waals surface area contributed by atoms with Crippen LogP contribution in [-0.2, 0) is 9.84 Å². The number of hydrogen-bond acceptors (Lipinski definition) is 6. The van der Waals surface area contributed by atoms with Gasteiger partial charge >= 0.3 is 0 Å². The molecule has 0 aliphatic heterocycles. The number of benzene rings is 4. The van der Waals surface area contributed by atoms with Gasteiger partial charge in [0.05, 0.1) is 9.79 Å². The van der Waals surface area contributed by atoms with Gasteiger partial charge in [0.1, 0.15) is 23.0 Å². The Morgan fingerprint density at radius 1 is 0.486 bits per heavy atom. The van der Waals surface area contributed by atoms with Gasteiger partial charge in [-0.3, -0.25) is 0 Å². The topological polar surface area (TPSA) is 115 Å². The number of phenols is 4. The third-order valence-corrected chi connectivity index (χ3v) is 8.64. The Balaban J connectivity index is 1.83. The summed E-state index contributed by atoms with van der Waals surface area (Å²) in [5.74, 6) is -0.310. The summed E-state index contributed by atoms with van der Waals surface area (Å²) in [5, 5.41) is 39.7. The molecule has 0 unspecified atom stereocenters. The van der Waals surface area contributed by atoms with Gasteiger partial charge in [-0.05, 0) is 97.5 Å². The molecule has 0 fully saturated rings. The first-order valence-corrected chi connectivity index (χ1v) is 12.4. The van der Waals surface area contributed by atoms with Crippen molar-refractivity contribution in [1.29, 1.82) is 0 Å². The van der Waals surface area contributed by atoms with Crippen molar-refractivity contribution in [2.24, 2.45) is 0 Å². The van der Waals surface area contributed by atoms with Crippen LogP contribution in [0.1, 0.15) is 22.3 Å². The van der Waals surface area contributed by atoms with E-state index in [-0.39, 0.29) is 32.8 Å². The molecular weight excluding hydrogens is 464 g/mol. The first kappa shape index (κ1) is 24.2.